The van der Waals surface area contributed by atoms with E-state index in [1.54, 1.807) is 6.07 Å². The van der Waals surface area contributed by atoms with E-state index in [2.05, 4.69) is 41.6 Å². The zero-order chi connectivity index (χ0) is 17.5. The summed E-state index contributed by atoms with van der Waals surface area (Å²) in [5.41, 5.74) is 2.56. The molecule has 0 aliphatic heterocycles. The molecule has 0 unspecified atom stereocenters. The van der Waals surface area contributed by atoms with Crippen LogP contribution in [0.5, 0.6) is 0 Å². The third-order valence-electron chi connectivity index (χ3n) is 3.61. The second kappa shape index (κ2) is 8.66. The van der Waals surface area contributed by atoms with Gasteiger partial charge >= 0.3 is 6.03 Å². The molecule has 2 amide bonds. The van der Waals surface area contributed by atoms with Crippen LogP contribution in [0.15, 0.2) is 42.5 Å². The monoisotopic (exact) mass is 349 g/mol. The van der Waals surface area contributed by atoms with E-state index in [4.69, 9.17) is 11.6 Å². The normalized spacial score (nSPS) is 10.7. The van der Waals surface area contributed by atoms with E-state index in [-0.39, 0.29) is 5.02 Å². The van der Waals surface area contributed by atoms with Gasteiger partial charge in [0.1, 0.15) is 5.82 Å². The first-order valence-corrected chi connectivity index (χ1v) is 8.12. The van der Waals surface area contributed by atoms with E-state index in [1.807, 2.05) is 12.1 Å². The molecule has 0 radical (unpaired) electrons. The highest BCUT2D eigenvalue weighted by Crippen LogP contribution is 2.18. The second-order valence-electron chi connectivity index (χ2n) is 5.59. The van der Waals surface area contributed by atoms with Gasteiger partial charge in [-0.15, -0.1) is 0 Å². The standard InChI is InChI=1S/C18H21ClFN3O/c1-3-23(2)12-14-6-4-5-13(9-14)11-21-18(24)22-15-7-8-16(19)17(20)10-15/h4-10H,3,11-12H2,1-2H3,(H2,21,22,24). The third-order valence-corrected chi connectivity index (χ3v) is 3.92. The molecule has 0 aliphatic carbocycles. The van der Waals surface area contributed by atoms with E-state index in [1.165, 1.54) is 17.7 Å². The zero-order valence-corrected chi connectivity index (χ0v) is 14.5. The van der Waals surface area contributed by atoms with Crippen molar-refractivity contribution in [3.05, 3.63) is 64.4 Å². The summed E-state index contributed by atoms with van der Waals surface area (Å²) in [6.45, 7) is 4.34. The van der Waals surface area contributed by atoms with Crippen LogP contribution in [-0.4, -0.2) is 24.5 Å². The predicted octanol–water partition coefficient (Wildman–Crippen LogP) is 4.25. The molecule has 2 aromatic carbocycles. The first kappa shape index (κ1) is 18.2. The summed E-state index contributed by atoms with van der Waals surface area (Å²) in [6.07, 6.45) is 0. The average Bonchev–Trinajstić information content (AvgIpc) is 2.56. The van der Waals surface area contributed by atoms with Gasteiger partial charge in [0.25, 0.3) is 0 Å². The van der Waals surface area contributed by atoms with Crippen LogP contribution >= 0.6 is 11.6 Å². The Balaban J connectivity index is 1.89. The Kier molecular flexibility index (Phi) is 6.58. The summed E-state index contributed by atoms with van der Waals surface area (Å²) < 4.78 is 13.4. The molecule has 0 aliphatic rings. The zero-order valence-electron chi connectivity index (χ0n) is 13.8. The number of rotatable bonds is 6. The quantitative estimate of drug-likeness (QED) is 0.818. The van der Waals surface area contributed by atoms with Crippen LogP contribution in [0.2, 0.25) is 5.02 Å². The number of nitrogens with one attached hydrogen (secondary N) is 2. The van der Waals surface area contributed by atoms with E-state index in [0.717, 1.165) is 18.7 Å². The van der Waals surface area contributed by atoms with E-state index >= 15 is 0 Å². The molecule has 2 rings (SSSR count). The lowest BCUT2D eigenvalue weighted by molar-refractivity contribution is 0.251. The smallest absolute Gasteiger partial charge is 0.319 e. The maximum atomic E-state index is 13.4. The van der Waals surface area contributed by atoms with Crippen molar-refractivity contribution in [1.82, 2.24) is 10.2 Å². The summed E-state index contributed by atoms with van der Waals surface area (Å²) in [4.78, 5) is 14.1. The first-order valence-electron chi connectivity index (χ1n) is 7.74. The van der Waals surface area contributed by atoms with Gasteiger partial charge < -0.3 is 15.5 Å². The Labute approximate surface area is 146 Å². The molecule has 4 nitrogen and oxygen atoms in total. The Morgan fingerprint density at radius 2 is 1.96 bits per heavy atom. The van der Waals surface area contributed by atoms with Crippen LogP contribution in [0.3, 0.4) is 0 Å². The van der Waals surface area contributed by atoms with Crippen LogP contribution in [0.1, 0.15) is 18.1 Å². The van der Waals surface area contributed by atoms with Gasteiger partial charge in [0.05, 0.1) is 5.02 Å². The van der Waals surface area contributed by atoms with Crippen molar-refractivity contribution in [1.29, 1.82) is 0 Å². The number of carbonyl (C=O) groups excluding carboxylic acids is 1. The summed E-state index contributed by atoms with van der Waals surface area (Å²) in [5.74, 6) is -0.567. The van der Waals surface area contributed by atoms with Crippen molar-refractivity contribution in [3.8, 4) is 0 Å². The van der Waals surface area contributed by atoms with Crippen LogP contribution in [0.4, 0.5) is 14.9 Å². The van der Waals surface area contributed by atoms with Crippen LogP contribution in [0, 0.1) is 5.82 Å². The van der Waals surface area contributed by atoms with Crippen molar-refractivity contribution >= 4 is 23.3 Å². The van der Waals surface area contributed by atoms with Gasteiger partial charge in [-0.2, -0.15) is 0 Å². The summed E-state index contributed by atoms with van der Waals surface area (Å²) in [7, 11) is 2.06. The molecule has 128 valence electrons. The molecule has 0 saturated heterocycles. The Morgan fingerprint density at radius 1 is 1.21 bits per heavy atom. The molecule has 0 saturated carbocycles. The van der Waals surface area contributed by atoms with Crippen LogP contribution in [0.25, 0.3) is 0 Å². The Bertz CT molecular complexity index is 708. The summed E-state index contributed by atoms with van der Waals surface area (Å²) in [5, 5.41) is 5.36. The van der Waals surface area contributed by atoms with Gasteiger partial charge in [0.15, 0.2) is 0 Å². The van der Waals surface area contributed by atoms with Gasteiger partial charge in [0, 0.05) is 18.8 Å². The number of hydrogen-bond donors (Lipinski definition) is 2. The average molecular weight is 350 g/mol. The topological polar surface area (TPSA) is 44.4 Å². The number of anilines is 1. The van der Waals surface area contributed by atoms with Crippen molar-refractivity contribution in [2.75, 3.05) is 18.9 Å². The van der Waals surface area contributed by atoms with Gasteiger partial charge in [-0.05, 0) is 42.9 Å². The van der Waals surface area contributed by atoms with Gasteiger partial charge in [-0.3, -0.25) is 0 Å². The number of halogens is 2. The number of amides is 2. The minimum atomic E-state index is -0.567. The molecule has 0 atom stereocenters. The molecule has 24 heavy (non-hydrogen) atoms. The van der Waals surface area contributed by atoms with Crippen molar-refractivity contribution in [2.45, 2.75) is 20.0 Å². The summed E-state index contributed by atoms with van der Waals surface area (Å²) >= 11 is 5.61. The van der Waals surface area contributed by atoms with Crippen molar-refractivity contribution in [3.63, 3.8) is 0 Å². The maximum absolute atomic E-state index is 13.4. The van der Waals surface area contributed by atoms with E-state index < -0.39 is 11.8 Å². The van der Waals surface area contributed by atoms with E-state index in [0.29, 0.717) is 12.2 Å². The van der Waals surface area contributed by atoms with Gasteiger partial charge in [-0.1, -0.05) is 42.8 Å². The fourth-order valence-corrected chi connectivity index (χ4v) is 2.31. The minimum Gasteiger partial charge on any atom is -0.334 e. The Hall–Kier alpha value is -2.11. The van der Waals surface area contributed by atoms with Gasteiger partial charge in [-0.25, -0.2) is 9.18 Å². The SMILES string of the molecule is CCN(C)Cc1cccc(CNC(=O)Nc2ccc(Cl)c(F)c2)c1. The maximum Gasteiger partial charge on any atom is 0.319 e. The summed E-state index contributed by atoms with van der Waals surface area (Å²) in [6, 6.07) is 11.8. The first-order chi connectivity index (χ1) is 11.5. The molecule has 2 aromatic rings. The molecule has 0 heterocycles. The highest BCUT2D eigenvalue weighted by atomic mass is 35.5. The fraction of sp³-hybridized carbons (Fsp3) is 0.278. The number of urea groups is 1. The molecule has 0 fully saturated rings. The fourth-order valence-electron chi connectivity index (χ4n) is 2.19. The van der Waals surface area contributed by atoms with E-state index in [9.17, 15) is 9.18 Å². The molecule has 0 bridgehead atoms. The van der Waals surface area contributed by atoms with Crippen LogP contribution in [-0.2, 0) is 13.1 Å². The highest BCUT2D eigenvalue weighted by Gasteiger charge is 2.06. The number of nitrogens with zero attached hydrogens (tertiary/aromatic N) is 1. The third kappa shape index (κ3) is 5.51. The molecule has 0 spiro atoms. The molecule has 6 heteroatoms. The number of hydrogen-bond acceptors (Lipinski definition) is 2. The van der Waals surface area contributed by atoms with Crippen molar-refractivity contribution in [2.24, 2.45) is 0 Å². The Morgan fingerprint density at radius 3 is 2.67 bits per heavy atom. The lowest BCUT2D eigenvalue weighted by atomic mass is 10.1. The largest absolute Gasteiger partial charge is 0.334 e. The molecular formula is C18H21ClFN3O. The minimum absolute atomic E-state index is 0.0230. The van der Waals surface area contributed by atoms with Crippen molar-refractivity contribution < 1.29 is 9.18 Å². The lowest BCUT2D eigenvalue weighted by Gasteiger charge is -2.14. The number of carbonyl (C=O) groups is 1. The second-order valence-corrected chi connectivity index (χ2v) is 5.99. The predicted molar refractivity (Wildman–Crippen MR) is 95.7 cm³/mol. The lowest BCUT2D eigenvalue weighted by Crippen LogP contribution is -2.28. The van der Waals surface area contributed by atoms with Gasteiger partial charge in [0.2, 0.25) is 0 Å². The molecule has 2 N–H and O–H groups in total. The molecule has 0 aromatic heterocycles. The highest BCUT2D eigenvalue weighted by molar-refractivity contribution is 6.30. The molecular weight excluding hydrogens is 329 g/mol. The number of benzene rings is 2. The van der Waals surface area contributed by atoms with Crippen LogP contribution < -0.4 is 10.6 Å².